The van der Waals surface area contributed by atoms with Gasteiger partial charge in [0.1, 0.15) is 18.2 Å². The molecule has 0 radical (unpaired) electrons. The summed E-state index contributed by atoms with van der Waals surface area (Å²) in [6, 6.07) is 13.4. The van der Waals surface area contributed by atoms with E-state index < -0.39 is 24.2 Å². The first kappa shape index (κ1) is 20.6. The third-order valence-electron chi connectivity index (χ3n) is 4.35. The predicted molar refractivity (Wildman–Crippen MR) is 109 cm³/mol. The third kappa shape index (κ3) is 4.31. The number of rotatable bonds is 6. The number of aliphatic hydroxyl groups excluding tert-OH is 1. The Morgan fingerprint density at radius 2 is 2.10 bits per heavy atom. The van der Waals surface area contributed by atoms with Crippen LogP contribution in [0.1, 0.15) is 11.4 Å². The molecule has 0 bridgehead atoms. The van der Waals surface area contributed by atoms with Gasteiger partial charge in [0.25, 0.3) is 0 Å². The summed E-state index contributed by atoms with van der Waals surface area (Å²) in [7, 11) is 3.08. The molecule has 0 spiro atoms. The molecule has 1 heterocycles. The molecule has 0 saturated heterocycles. The number of benzene rings is 2. The number of methoxy groups -OCH3 is 1. The van der Waals surface area contributed by atoms with Gasteiger partial charge in [0.15, 0.2) is 23.2 Å². The van der Waals surface area contributed by atoms with Gasteiger partial charge in [0, 0.05) is 13.1 Å². The van der Waals surface area contributed by atoms with Crippen molar-refractivity contribution in [3.8, 4) is 11.8 Å². The number of para-hydroxylation sites is 2. The van der Waals surface area contributed by atoms with Crippen molar-refractivity contribution in [1.82, 2.24) is 9.55 Å². The smallest absolute Gasteiger partial charge is 0.331 e. The van der Waals surface area contributed by atoms with Crippen LogP contribution in [-0.4, -0.2) is 34.3 Å². The number of allylic oxidation sites excluding steroid dienone is 1. The monoisotopic (exact) mass is 407 g/mol. The molecule has 0 saturated carbocycles. The molecule has 30 heavy (non-hydrogen) atoms. The van der Waals surface area contributed by atoms with Gasteiger partial charge in [-0.25, -0.2) is 14.2 Å². The number of imidazole rings is 1. The summed E-state index contributed by atoms with van der Waals surface area (Å²) in [5.74, 6) is -1.39. The zero-order chi connectivity index (χ0) is 21.7. The Morgan fingerprint density at radius 3 is 2.77 bits per heavy atom. The lowest BCUT2D eigenvalue weighted by Gasteiger charge is -2.05. The second kappa shape index (κ2) is 8.92. The van der Waals surface area contributed by atoms with Crippen LogP contribution in [0.4, 0.5) is 4.39 Å². The highest BCUT2D eigenvalue weighted by Gasteiger charge is 2.17. The topological polar surface area (TPSA) is 97.4 Å². The highest BCUT2D eigenvalue weighted by Crippen LogP contribution is 2.22. The van der Waals surface area contributed by atoms with E-state index in [4.69, 9.17) is 9.47 Å². The minimum Gasteiger partial charge on any atom is -0.507 e. The minimum absolute atomic E-state index is 0.0933. The number of aromatic nitrogens is 2. The van der Waals surface area contributed by atoms with Gasteiger partial charge in [0.2, 0.25) is 0 Å². The van der Waals surface area contributed by atoms with Gasteiger partial charge in [-0.2, -0.15) is 5.26 Å². The molecule has 2 aromatic carbocycles. The fraction of sp³-hybridized carbons (Fsp3) is 0.136. The first-order chi connectivity index (χ1) is 14.4. The van der Waals surface area contributed by atoms with Gasteiger partial charge < -0.3 is 19.1 Å². The number of fused-ring (bicyclic) bond motifs is 1. The van der Waals surface area contributed by atoms with Crippen molar-refractivity contribution in [3.63, 3.8) is 0 Å². The number of carbonyl (C=O) groups is 1. The number of esters is 1. The van der Waals surface area contributed by atoms with E-state index in [9.17, 15) is 19.6 Å². The number of aliphatic hydroxyl groups is 1. The average Bonchev–Trinajstić information content (AvgIpc) is 3.08. The molecule has 7 nitrogen and oxygen atoms in total. The van der Waals surface area contributed by atoms with Crippen molar-refractivity contribution in [2.24, 2.45) is 7.05 Å². The predicted octanol–water partition coefficient (Wildman–Crippen LogP) is 3.77. The average molecular weight is 407 g/mol. The Labute approximate surface area is 171 Å². The zero-order valence-corrected chi connectivity index (χ0v) is 16.3. The number of nitrogens with zero attached hydrogens (tertiary/aromatic N) is 3. The van der Waals surface area contributed by atoms with Crippen molar-refractivity contribution in [2.75, 3.05) is 13.7 Å². The van der Waals surface area contributed by atoms with E-state index in [-0.39, 0.29) is 17.1 Å². The molecule has 0 amide bonds. The summed E-state index contributed by atoms with van der Waals surface area (Å²) in [5.41, 5.74) is 1.80. The van der Waals surface area contributed by atoms with E-state index in [1.807, 2.05) is 24.3 Å². The van der Waals surface area contributed by atoms with Crippen LogP contribution >= 0.6 is 0 Å². The Balaban J connectivity index is 1.72. The molecule has 8 heteroatoms. The molecule has 1 N–H and O–H groups in total. The fourth-order valence-corrected chi connectivity index (χ4v) is 2.82. The number of aryl methyl sites for hydroxylation is 1. The van der Waals surface area contributed by atoms with Crippen molar-refractivity contribution in [3.05, 3.63) is 71.5 Å². The first-order valence-electron chi connectivity index (χ1n) is 8.87. The second-order valence-corrected chi connectivity index (χ2v) is 6.25. The summed E-state index contributed by atoms with van der Waals surface area (Å²) >= 11 is 0. The maximum Gasteiger partial charge on any atom is 0.331 e. The molecular formula is C22H18FN3O4. The Hall–Kier alpha value is -4.12. The lowest BCUT2D eigenvalue weighted by molar-refractivity contribution is -0.137. The van der Waals surface area contributed by atoms with Crippen LogP contribution in [0.2, 0.25) is 0 Å². The van der Waals surface area contributed by atoms with Gasteiger partial charge in [-0.1, -0.05) is 18.2 Å². The Morgan fingerprint density at radius 1 is 1.33 bits per heavy atom. The van der Waals surface area contributed by atoms with Crippen LogP contribution in [-0.2, 0) is 16.6 Å². The quantitative estimate of drug-likeness (QED) is 0.289. The maximum absolute atomic E-state index is 13.7. The number of hydrogen-bond donors (Lipinski definition) is 1. The summed E-state index contributed by atoms with van der Waals surface area (Å²) < 4.78 is 25.2. The van der Waals surface area contributed by atoms with E-state index in [1.54, 1.807) is 23.7 Å². The minimum atomic E-state index is -0.764. The maximum atomic E-state index is 13.7. The highest BCUT2D eigenvalue weighted by atomic mass is 19.1. The molecule has 152 valence electrons. The molecule has 0 aliphatic carbocycles. The van der Waals surface area contributed by atoms with E-state index in [0.29, 0.717) is 11.1 Å². The van der Waals surface area contributed by atoms with Crippen LogP contribution in [0, 0.1) is 17.1 Å². The highest BCUT2D eigenvalue weighted by molar-refractivity contribution is 5.87. The first-order valence-corrected chi connectivity index (χ1v) is 8.87. The summed E-state index contributed by atoms with van der Waals surface area (Å²) in [4.78, 5) is 16.3. The van der Waals surface area contributed by atoms with E-state index in [0.717, 1.165) is 11.6 Å². The van der Waals surface area contributed by atoms with E-state index >= 15 is 0 Å². The lowest BCUT2D eigenvalue weighted by atomic mass is 10.2. The number of halogens is 1. The van der Waals surface area contributed by atoms with Crippen molar-refractivity contribution >= 4 is 28.7 Å². The van der Waals surface area contributed by atoms with Gasteiger partial charge in [0.05, 0.1) is 18.1 Å². The molecule has 0 aliphatic rings. The Bertz CT molecular complexity index is 1200. The van der Waals surface area contributed by atoms with Crippen molar-refractivity contribution in [2.45, 2.75) is 0 Å². The number of ether oxygens (including phenoxy) is 2. The number of carbonyl (C=O) groups excluding carboxylic acids is 1. The summed E-state index contributed by atoms with van der Waals surface area (Å²) in [6.07, 6.45) is 2.46. The van der Waals surface area contributed by atoms with Gasteiger partial charge in [-0.15, -0.1) is 0 Å². The van der Waals surface area contributed by atoms with Crippen LogP contribution in [0.5, 0.6) is 5.75 Å². The molecule has 0 unspecified atom stereocenters. The molecule has 3 aromatic rings. The van der Waals surface area contributed by atoms with Gasteiger partial charge >= 0.3 is 5.97 Å². The Kier molecular flexibility index (Phi) is 6.13. The lowest BCUT2D eigenvalue weighted by Crippen LogP contribution is -2.07. The molecule has 0 aliphatic heterocycles. The van der Waals surface area contributed by atoms with Crippen molar-refractivity contribution in [1.29, 1.82) is 5.26 Å². The van der Waals surface area contributed by atoms with E-state index in [1.165, 1.54) is 25.3 Å². The van der Waals surface area contributed by atoms with Crippen LogP contribution < -0.4 is 4.74 Å². The third-order valence-corrected chi connectivity index (χ3v) is 4.35. The largest absolute Gasteiger partial charge is 0.507 e. The van der Waals surface area contributed by atoms with Gasteiger partial charge in [-0.05, 0) is 35.9 Å². The SMILES string of the molecule is COc1ccc(/C=C/C(=O)OC/C(O)=C(\C#N)c2nc3ccccc3n2C)cc1F. The zero-order valence-electron chi connectivity index (χ0n) is 16.3. The normalized spacial score (nSPS) is 11.9. The molecular weight excluding hydrogens is 389 g/mol. The van der Waals surface area contributed by atoms with Gasteiger partial charge in [-0.3, -0.25) is 0 Å². The number of nitriles is 1. The molecule has 0 atom stereocenters. The number of hydrogen-bond acceptors (Lipinski definition) is 6. The van der Waals surface area contributed by atoms with Crippen molar-refractivity contribution < 1.29 is 23.8 Å². The standard InChI is InChI=1S/C22H18FN3O4/c1-26-18-6-4-3-5-17(18)25-22(26)15(12-24)19(27)13-30-21(28)10-8-14-7-9-20(29-2)16(23)11-14/h3-11,27H,13H2,1-2H3/b10-8+,19-15-. The van der Waals surface area contributed by atoms with E-state index in [2.05, 4.69) is 4.98 Å². The molecule has 1 aromatic heterocycles. The van der Waals surface area contributed by atoms with Crippen LogP contribution in [0.3, 0.4) is 0 Å². The van der Waals surface area contributed by atoms with Crippen LogP contribution in [0.15, 0.2) is 54.3 Å². The second-order valence-electron chi connectivity index (χ2n) is 6.25. The summed E-state index contributed by atoms with van der Waals surface area (Å²) in [6.45, 7) is -0.508. The fourth-order valence-electron chi connectivity index (χ4n) is 2.82. The molecule has 0 fully saturated rings. The molecule has 3 rings (SSSR count). The van der Waals surface area contributed by atoms with Crippen LogP contribution in [0.25, 0.3) is 22.7 Å². The summed E-state index contributed by atoms with van der Waals surface area (Å²) in [5, 5.41) is 19.7.